The molecule has 1 amide bonds. The summed E-state index contributed by atoms with van der Waals surface area (Å²) in [5, 5.41) is 7.49. The van der Waals surface area contributed by atoms with Gasteiger partial charge in [-0.1, -0.05) is 6.07 Å². The summed E-state index contributed by atoms with van der Waals surface area (Å²) in [6, 6.07) is 15.3. The van der Waals surface area contributed by atoms with Gasteiger partial charge in [0.15, 0.2) is 0 Å². The first kappa shape index (κ1) is 22.5. The number of benzene rings is 2. The number of amides is 1. The fourth-order valence-electron chi connectivity index (χ4n) is 5.37. The van der Waals surface area contributed by atoms with Crippen LogP contribution in [0.15, 0.2) is 48.7 Å². The molecule has 7 heteroatoms. The van der Waals surface area contributed by atoms with Crippen LogP contribution in [0.25, 0.3) is 11.3 Å². The Hall–Kier alpha value is -3.32. The maximum atomic E-state index is 13.4. The molecular weight excluding hydrogens is 426 g/mol. The smallest absolute Gasteiger partial charge is 0.252 e. The van der Waals surface area contributed by atoms with Crippen molar-refractivity contribution >= 4 is 11.6 Å². The van der Waals surface area contributed by atoms with E-state index >= 15 is 0 Å². The van der Waals surface area contributed by atoms with Crippen LogP contribution in [0, 0.1) is 6.92 Å². The first-order chi connectivity index (χ1) is 16.3. The van der Waals surface area contributed by atoms with E-state index in [9.17, 15) is 4.79 Å². The average Bonchev–Trinajstić information content (AvgIpc) is 3.54. The zero-order valence-corrected chi connectivity index (χ0v) is 20.6. The molecule has 2 aliphatic rings. The van der Waals surface area contributed by atoms with Gasteiger partial charge in [0.05, 0.1) is 18.8 Å². The molecule has 2 bridgehead atoms. The number of nitrogens with zero attached hydrogens (tertiary/aromatic N) is 4. The molecule has 34 heavy (non-hydrogen) atoms. The van der Waals surface area contributed by atoms with Crippen LogP contribution in [-0.4, -0.2) is 59.9 Å². The second-order valence-corrected chi connectivity index (χ2v) is 9.66. The number of piperazine rings is 1. The van der Waals surface area contributed by atoms with E-state index in [1.54, 1.807) is 13.3 Å². The first-order valence-corrected chi connectivity index (χ1v) is 11.9. The van der Waals surface area contributed by atoms with E-state index in [1.165, 1.54) is 6.42 Å². The minimum Gasteiger partial charge on any atom is -0.497 e. The van der Waals surface area contributed by atoms with E-state index in [1.807, 2.05) is 43.8 Å². The van der Waals surface area contributed by atoms with Gasteiger partial charge in [-0.2, -0.15) is 5.10 Å². The fourth-order valence-corrected chi connectivity index (χ4v) is 5.37. The molecule has 1 aromatic heterocycles. The molecule has 0 aliphatic carbocycles. The molecule has 2 aliphatic heterocycles. The molecule has 2 fully saturated rings. The van der Waals surface area contributed by atoms with Crippen LogP contribution in [0.3, 0.4) is 0 Å². The number of rotatable bonds is 6. The minimum atomic E-state index is -0.186. The van der Waals surface area contributed by atoms with Crippen molar-refractivity contribution in [2.75, 3.05) is 32.1 Å². The topological polar surface area (TPSA) is 62.6 Å². The molecule has 0 saturated carbocycles. The summed E-state index contributed by atoms with van der Waals surface area (Å²) < 4.78 is 7.38. The van der Waals surface area contributed by atoms with Gasteiger partial charge < -0.3 is 15.0 Å². The second-order valence-electron chi connectivity index (χ2n) is 9.66. The molecule has 178 valence electrons. The van der Waals surface area contributed by atoms with Crippen LogP contribution in [0.2, 0.25) is 0 Å². The van der Waals surface area contributed by atoms with Gasteiger partial charge >= 0.3 is 0 Å². The number of likely N-dealkylation sites (N-methyl/N-ethyl adjacent to an activating group) is 1. The lowest BCUT2D eigenvalue weighted by Gasteiger charge is -2.34. The summed E-state index contributed by atoms with van der Waals surface area (Å²) >= 11 is 0. The number of fused-ring (bicyclic) bond motifs is 2. The average molecular weight is 460 g/mol. The largest absolute Gasteiger partial charge is 0.497 e. The number of nitrogens with one attached hydrogen (secondary N) is 1. The highest BCUT2D eigenvalue weighted by molar-refractivity contribution is 5.97. The van der Waals surface area contributed by atoms with Crippen LogP contribution in [-0.2, 0) is 7.05 Å². The molecule has 5 rings (SSSR count). The summed E-state index contributed by atoms with van der Waals surface area (Å²) in [7, 11) is 5.78. The fraction of sp³-hybridized carbons (Fsp3) is 0.407. The molecule has 2 aromatic carbocycles. The van der Waals surface area contributed by atoms with E-state index in [2.05, 4.69) is 51.5 Å². The highest BCUT2D eigenvalue weighted by atomic mass is 16.5. The van der Waals surface area contributed by atoms with Gasteiger partial charge in [0.1, 0.15) is 5.75 Å². The maximum Gasteiger partial charge on any atom is 0.252 e. The van der Waals surface area contributed by atoms with Crippen LogP contribution in [0.1, 0.15) is 40.9 Å². The predicted molar refractivity (Wildman–Crippen MR) is 134 cm³/mol. The number of carbonyl (C=O) groups excluding carboxylic acids is 1. The first-order valence-electron chi connectivity index (χ1n) is 11.9. The molecule has 7 nitrogen and oxygen atoms in total. The molecule has 2 saturated heterocycles. The summed E-state index contributed by atoms with van der Waals surface area (Å²) in [5.41, 5.74) is 5.84. The van der Waals surface area contributed by atoms with Crippen molar-refractivity contribution in [3.05, 3.63) is 65.4 Å². The Bertz CT molecular complexity index is 1220. The van der Waals surface area contributed by atoms with Crippen LogP contribution in [0.5, 0.6) is 5.75 Å². The highest BCUT2D eigenvalue weighted by Crippen LogP contribution is 2.34. The number of ether oxygens (including phenoxy) is 1. The van der Waals surface area contributed by atoms with Gasteiger partial charge in [-0.25, -0.2) is 0 Å². The summed E-state index contributed by atoms with van der Waals surface area (Å²) in [5.74, 6) is 0.695. The van der Waals surface area contributed by atoms with Gasteiger partial charge in [-0.05, 0) is 74.8 Å². The van der Waals surface area contributed by atoms with Gasteiger partial charge in [-0.3, -0.25) is 14.4 Å². The molecule has 3 aromatic rings. The van der Waals surface area contributed by atoms with Crippen molar-refractivity contribution in [3.8, 4) is 17.0 Å². The van der Waals surface area contributed by atoms with E-state index in [-0.39, 0.29) is 11.9 Å². The zero-order chi connectivity index (χ0) is 24.0. The number of anilines is 1. The Balaban J connectivity index is 1.37. The van der Waals surface area contributed by atoms with Crippen molar-refractivity contribution in [2.24, 2.45) is 7.05 Å². The standard InChI is InChI=1S/C27H33N5O2/c1-17-6-7-21(32-16-22-13-23(32)15-30(22)3)14-25(17)27(33)29-18(2)19-10-20(12-24(11-19)34-5)26-8-9-28-31(26)4/h6-12,14,18,22-23H,13,15-16H2,1-5H3,(H,29,33)/t18-,22-,23-/m1/s1. The monoisotopic (exact) mass is 459 g/mol. The Morgan fingerprint density at radius 3 is 2.59 bits per heavy atom. The van der Waals surface area contributed by atoms with Crippen LogP contribution < -0.4 is 15.0 Å². The van der Waals surface area contributed by atoms with Crippen molar-refractivity contribution in [1.82, 2.24) is 20.0 Å². The van der Waals surface area contributed by atoms with Gasteiger partial charge in [-0.15, -0.1) is 0 Å². The molecule has 0 radical (unpaired) electrons. The summed E-state index contributed by atoms with van der Waals surface area (Å²) in [6.07, 6.45) is 2.98. The molecule has 3 heterocycles. The minimum absolute atomic E-state index is 0.0572. The number of aryl methyl sites for hydroxylation is 2. The van der Waals surface area contributed by atoms with E-state index in [0.717, 1.165) is 52.5 Å². The number of carbonyl (C=O) groups is 1. The SMILES string of the molecule is COc1cc(-c2ccnn2C)cc([C@@H](C)NC(=O)c2cc(N3C[C@H]4C[C@@H]3CN4C)ccc2C)c1. The Morgan fingerprint density at radius 2 is 1.94 bits per heavy atom. The van der Waals surface area contributed by atoms with Crippen molar-refractivity contribution in [3.63, 3.8) is 0 Å². The highest BCUT2D eigenvalue weighted by Gasteiger charge is 2.41. The lowest BCUT2D eigenvalue weighted by molar-refractivity contribution is 0.0939. The third-order valence-corrected chi connectivity index (χ3v) is 7.44. The molecule has 0 unspecified atom stereocenters. The second kappa shape index (κ2) is 8.80. The van der Waals surface area contributed by atoms with Crippen molar-refractivity contribution < 1.29 is 9.53 Å². The van der Waals surface area contributed by atoms with Crippen LogP contribution in [0.4, 0.5) is 5.69 Å². The van der Waals surface area contributed by atoms with Crippen molar-refractivity contribution in [2.45, 2.75) is 38.4 Å². The Kier molecular flexibility index (Phi) is 5.81. The third kappa shape index (κ3) is 4.05. The van der Waals surface area contributed by atoms with E-state index in [4.69, 9.17) is 4.74 Å². The van der Waals surface area contributed by atoms with Crippen molar-refractivity contribution in [1.29, 1.82) is 0 Å². The van der Waals surface area contributed by atoms with Gasteiger partial charge in [0.2, 0.25) is 0 Å². The molecular formula is C27H33N5O2. The Labute approximate surface area is 201 Å². The molecule has 1 N–H and O–H groups in total. The lowest BCUT2D eigenvalue weighted by Crippen LogP contribution is -2.44. The predicted octanol–water partition coefficient (Wildman–Crippen LogP) is 3.79. The quantitative estimate of drug-likeness (QED) is 0.608. The van der Waals surface area contributed by atoms with Crippen LogP contribution >= 0.6 is 0 Å². The lowest BCUT2D eigenvalue weighted by atomic mass is 10.0. The number of methoxy groups -OCH3 is 1. The number of hydrogen-bond acceptors (Lipinski definition) is 5. The summed E-state index contributed by atoms with van der Waals surface area (Å²) in [4.78, 5) is 18.3. The molecule has 0 spiro atoms. The van der Waals surface area contributed by atoms with Gasteiger partial charge in [0.25, 0.3) is 5.91 Å². The Morgan fingerprint density at radius 1 is 1.12 bits per heavy atom. The normalized spacial score (nSPS) is 20.6. The number of likely N-dealkylation sites (tertiary alicyclic amines) is 1. The number of hydrogen-bond donors (Lipinski definition) is 1. The van der Waals surface area contributed by atoms with E-state index in [0.29, 0.717) is 12.1 Å². The van der Waals surface area contributed by atoms with E-state index < -0.39 is 0 Å². The maximum absolute atomic E-state index is 13.4. The molecule has 3 atom stereocenters. The third-order valence-electron chi connectivity index (χ3n) is 7.44. The van der Waals surface area contributed by atoms with Gasteiger partial charge in [0, 0.05) is 55.2 Å². The summed E-state index contributed by atoms with van der Waals surface area (Å²) in [6.45, 7) is 6.13. The zero-order valence-electron chi connectivity index (χ0n) is 20.6. The number of aromatic nitrogens is 2.